The van der Waals surface area contributed by atoms with E-state index in [9.17, 15) is 0 Å². The van der Waals surface area contributed by atoms with Crippen molar-refractivity contribution >= 4 is 55.4 Å². The molecule has 0 N–H and O–H groups in total. The summed E-state index contributed by atoms with van der Waals surface area (Å²) in [6, 6.07) is 7.95. The molecular formula is C7H8I2Si. The van der Waals surface area contributed by atoms with Crippen LogP contribution in [0.5, 0.6) is 0 Å². The van der Waals surface area contributed by atoms with Crippen molar-refractivity contribution in [3.63, 3.8) is 0 Å². The molecule has 0 saturated carbocycles. The predicted octanol–water partition coefficient (Wildman–Crippen LogP) is 1.76. The molecule has 3 heteroatoms. The van der Waals surface area contributed by atoms with Gasteiger partial charge in [0.15, 0.2) is 0 Å². The first-order valence-corrected chi connectivity index (χ1v) is 6.75. The van der Waals surface area contributed by atoms with E-state index in [2.05, 4.69) is 63.4 Å². The molecule has 0 aliphatic heterocycles. The van der Waals surface area contributed by atoms with E-state index in [0.29, 0.717) is 0 Å². The summed E-state index contributed by atoms with van der Waals surface area (Å²) in [7, 11) is 1.27. The normalized spacial score (nSPS) is 10.2. The molecule has 0 saturated heterocycles. The Morgan fingerprint density at radius 1 is 1.20 bits per heavy atom. The summed E-state index contributed by atoms with van der Waals surface area (Å²) in [5, 5.41) is 0. The SMILES string of the molecule is [SiH3]Cc1ccc(I)c(I)c1. The van der Waals surface area contributed by atoms with Gasteiger partial charge in [0.1, 0.15) is 0 Å². The van der Waals surface area contributed by atoms with Crippen LogP contribution in [0.1, 0.15) is 5.56 Å². The fraction of sp³-hybridized carbons (Fsp3) is 0.143. The van der Waals surface area contributed by atoms with Crippen LogP contribution >= 0.6 is 45.2 Å². The Bertz CT molecular complexity index is 235. The molecule has 54 valence electrons. The van der Waals surface area contributed by atoms with Crippen LogP contribution in [0.15, 0.2) is 18.2 Å². The third-order valence-corrected chi connectivity index (χ3v) is 5.07. The lowest BCUT2D eigenvalue weighted by Crippen LogP contribution is -1.86. The number of benzene rings is 1. The fourth-order valence-corrected chi connectivity index (χ4v) is 2.11. The van der Waals surface area contributed by atoms with Gasteiger partial charge in [0.25, 0.3) is 0 Å². The maximum absolute atomic E-state index is 2.38. The second-order valence-corrected chi connectivity index (χ2v) is 5.13. The van der Waals surface area contributed by atoms with Crippen LogP contribution in [-0.4, -0.2) is 10.2 Å². The van der Waals surface area contributed by atoms with Crippen LogP contribution < -0.4 is 0 Å². The minimum atomic E-state index is 1.27. The molecule has 0 spiro atoms. The van der Waals surface area contributed by atoms with Gasteiger partial charge in [-0.2, -0.15) is 0 Å². The third kappa shape index (κ3) is 2.20. The zero-order valence-corrected chi connectivity index (χ0v) is 12.0. The second-order valence-electron chi connectivity index (χ2n) is 2.10. The first-order chi connectivity index (χ1) is 4.74. The molecule has 0 aromatic heterocycles. The average Bonchev–Trinajstić information content (AvgIpc) is 1.95. The van der Waals surface area contributed by atoms with Crippen molar-refractivity contribution in [2.24, 2.45) is 0 Å². The van der Waals surface area contributed by atoms with Crippen LogP contribution in [0.3, 0.4) is 0 Å². The van der Waals surface area contributed by atoms with Crippen LogP contribution in [-0.2, 0) is 6.04 Å². The van der Waals surface area contributed by atoms with E-state index in [1.54, 1.807) is 0 Å². The monoisotopic (exact) mass is 374 g/mol. The maximum Gasteiger partial charge on any atom is 0.0266 e. The maximum atomic E-state index is 2.38. The van der Waals surface area contributed by atoms with E-state index in [1.165, 1.54) is 29.0 Å². The third-order valence-electron chi connectivity index (χ3n) is 1.39. The van der Waals surface area contributed by atoms with Crippen LogP contribution in [0.25, 0.3) is 0 Å². The molecule has 1 rings (SSSR count). The number of hydrogen-bond donors (Lipinski definition) is 0. The van der Waals surface area contributed by atoms with E-state index >= 15 is 0 Å². The van der Waals surface area contributed by atoms with E-state index in [1.807, 2.05) is 0 Å². The van der Waals surface area contributed by atoms with Crippen LogP contribution in [0.4, 0.5) is 0 Å². The minimum Gasteiger partial charge on any atom is -0.0582 e. The van der Waals surface area contributed by atoms with Gasteiger partial charge < -0.3 is 0 Å². The van der Waals surface area contributed by atoms with Crippen molar-refractivity contribution in [1.82, 2.24) is 0 Å². The van der Waals surface area contributed by atoms with Gasteiger partial charge in [-0.25, -0.2) is 0 Å². The molecule has 0 heterocycles. The summed E-state index contributed by atoms with van der Waals surface area (Å²) in [5.74, 6) is 0. The highest BCUT2D eigenvalue weighted by atomic mass is 127. The summed E-state index contributed by atoms with van der Waals surface area (Å²) in [4.78, 5) is 0. The van der Waals surface area contributed by atoms with Crippen molar-refractivity contribution < 1.29 is 0 Å². The number of hydrogen-bond acceptors (Lipinski definition) is 0. The van der Waals surface area contributed by atoms with Gasteiger partial charge in [0, 0.05) is 17.4 Å². The molecule has 0 fully saturated rings. The molecule has 10 heavy (non-hydrogen) atoms. The Balaban J connectivity index is 3.04. The Labute approximate surface area is 91.5 Å². The van der Waals surface area contributed by atoms with Crippen molar-refractivity contribution in [1.29, 1.82) is 0 Å². The van der Waals surface area contributed by atoms with Gasteiger partial charge in [0.2, 0.25) is 0 Å². The van der Waals surface area contributed by atoms with E-state index in [0.717, 1.165) is 0 Å². The highest BCUT2D eigenvalue weighted by Gasteiger charge is 1.94. The summed E-state index contributed by atoms with van der Waals surface area (Å²) in [6.07, 6.45) is 0. The molecule has 0 atom stereocenters. The van der Waals surface area contributed by atoms with Crippen molar-refractivity contribution in [3.8, 4) is 0 Å². The quantitative estimate of drug-likeness (QED) is 0.520. The predicted molar refractivity (Wildman–Crippen MR) is 65.5 cm³/mol. The lowest BCUT2D eigenvalue weighted by molar-refractivity contribution is 1.37. The average molecular weight is 374 g/mol. The van der Waals surface area contributed by atoms with Crippen molar-refractivity contribution in [3.05, 3.63) is 30.9 Å². The summed E-state index contributed by atoms with van der Waals surface area (Å²) < 4.78 is 2.74. The summed E-state index contributed by atoms with van der Waals surface area (Å²) in [6.45, 7) is 0. The van der Waals surface area contributed by atoms with E-state index in [-0.39, 0.29) is 0 Å². The molecule has 0 bridgehead atoms. The Kier molecular flexibility index (Phi) is 3.65. The smallest absolute Gasteiger partial charge is 0.0266 e. The van der Waals surface area contributed by atoms with Crippen molar-refractivity contribution in [2.75, 3.05) is 0 Å². The number of halogens is 2. The molecule has 0 radical (unpaired) electrons. The molecule has 0 aliphatic carbocycles. The topological polar surface area (TPSA) is 0 Å². The zero-order chi connectivity index (χ0) is 7.56. The Hall–Kier alpha value is 0.897. The van der Waals surface area contributed by atoms with Gasteiger partial charge >= 0.3 is 0 Å². The van der Waals surface area contributed by atoms with Gasteiger partial charge in [-0.3, -0.25) is 0 Å². The molecule has 0 aliphatic rings. The Morgan fingerprint density at radius 2 is 1.90 bits per heavy atom. The molecule has 0 unspecified atom stereocenters. The standard InChI is InChI=1S/C7H8I2Si/c8-6-2-1-5(4-10)3-7(6)9/h1-3H,4H2,10H3. The highest BCUT2D eigenvalue weighted by Crippen LogP contribution is 2.16. The molecular weight excluding hydrogens is 366 g/mol. The second kappa shape index (κ2) is 4.06. The lowest BCUT2D eigenvalue weighted by Gasteiger charge is -1.98. The van der Waals surface area contributed by atoms with Crippen LogP contribution in [0.2, 0.25) is 0 Å². The number of rotatable bonds is 1. The molecule has 0 nitrogen and oxygen atoms in total. The Morgan fingerprint density at radius 3 is 2.40 bits per heavy atom. The lowest BCUT2D eigenvalue weighted by atomic mass is 10.2. The molecule has 1 aromatic carbocycles. The molecule has 0 amide bonds. The van der Waals surface area contributed by atoms with Gasteiger partial charge in [-0.15, -0.1) is 0 Å². The highest BCUT2D eigenvalue weighted by molar-refractivity contribution is 14.1. The van der Waals surface area contributed by atoms with E-state index < -0.39 is 0 Å². The minimum absolute atomic E-state index is 1.27. The largest absolute Gasteiger partial charge is 0.0582 e. The zero-order valence-electron chi connectivity index (χ0n) is 5.70. The summed E-state index contributed by atoms with van der Waals surface area (Å²) in [5.41, 5.74) is 1.48. The first kappa shape index (κ1) is 8.99. The van der Waals surface area contributed by atoms with Gasteiger partial charge in [-0.1, -0.05) is 11.6 Å². The van der Waals surface area contributed by atoms with Crippen LogP contribution in [0, 0.1) is 7.14 Å². The van der Waals surface area contributed by atoms with Gasteiger partial charge in [-0.05, 0) is 63.4 Å². The summed E-state index contributed by atoms with van der Waals surface area (Å²) >= 11 is 4.74. The van der Waals surface area contributed by atoms with E-state index in [4.69, 9.17) is 0 Å². The fourth-order valence-electron chi connectivity index (χ4n) is 0.760. The first-order valence-electron chi connectivity index (χ1n) is 3.18. The molecule has 1 aromatic rings. The van der Waals surface area contributed by atoms with Crippen molar-refractivity contribution in [2.45, 2.75) is 6.04 Å². The van der Waals surface area contributed by atoms with Gasteiger partial charge in [0.05, 0.1) is 0 Å².